The normalized spacial score (nSPS) is 28.9. The molecule has 0 fully saturated rings. The monoisotopic (exact) mass is 254 g/mol. The molecule has 0 saturated heterocycles. The molecule has 0 bridgehead atoms. The van der Waals surface area contributed by atoms with E-state index in [1.54, 1.807) is 0 Å². The van der Waals surface area contributed by atoms with E-state index in [0.29, 0.717) is 25.3 Å². The van der Waals surface area contributed by atoms with Crippen molar-refractivity contribution >= 4 is 5.78 Å². The van der Waals surface area contributed by atoms with E-state index in [1.165, 1.54) is 11.1 Å². The van der Waals surface area contributed by atoms with Gasteiger partial charge >= 0.3 is 0 Å². The molecule has 3 nitrogen and oxygen atoms in total. The van der Waals surface area contributed by atoms with Crippen molar-refractivity contribution in [1.29, 1.82) is 5.26 Å². The van der Waals surface area contributed by atoms with Crippen molar-refractivity contribution in [2.24, 2.45) is 5.92 Å². The molecule has 0 amide bonds. The highest BCUT2D eigenvalue weighted by Crippen LogP contribution is 2.43. The summed E-state index contributed by atoms with van der Waals surface area (Å²) in [6.07, 6.45) is 9.75. The molecular weight excluding hydrogens is 236 g/mol. The molecule has 0 radical (unpaired) electrons. The Hall–Kier alpha value is -1.82. The van der Waals surface area contributed by atoms with Crippen LogP contribution in [0.5, 0.6) is 0 Å². The molecule has 1 aliphatic heterocycles. The van der Waals surface area contributed by atoms with Crippen LogP contribution in [0.25, 0.3) is 0 Å². The molecule has 3 rings (SSSR count). The number of nitrogens with zero attached hydrogens (tertiary/aromatic N) is 2. The number of nitriles is 1. The van der Waals surface area contributed by atoms with Gasteiger partial charge in [-0.1, -0.05) is 23.8 Å². The first-order valence-corrected chi connectivity index (χ1v) is 6.99. The largest absolute Gasteiger partial charge is 0.360 e. The Kier molecular flexibility index (Phi) is 3.02. The van der Waals surface area contributed by atoms with E-state index in [2.05, 4.69) is 36.1 Å². The predicted octanol–water partition coefficient (Wildman–Crippen LogP) is 2.72. The first-order chi connectivity index (χ1) is 9.22. The lowest BCUT2D eigenvalue weighted by Crippen LogP contribution is -2.35. The summed E-state index contributed by atoms with van der Waals surface area (Å²) < 4.78 is 0. The zero-order valence-electron chi connectivity index (χ0n) is 11.2. The average molecular weight is 254 g/mol. The van der Waals surface area contributed by atoms with Crippen LogP contribution in [0.3, 0.4) is 0 Å². The van der Waals surface area contributed by atoms with Gasteiger partial charge in [0, 0.05) is 18.9 Å². The molecule has 1 heterocycles. The van der Waals surface area contributed by atoms with E-state index < -0.39 is 0 Å². The maximum atomic E-state index is 12.2. The summed E-state index contributed by atoms with van der Waals surface area (Å²) in [5.74, 6) is 0.621. The zero-order valence-corrected chi connectivity index (χ0v) is 11.2. The number of hydrogen-bond donors (Lipinski definition) is 0. The molecule has 0 unspecified atom stereocenters. The number of carbonyl (C=O) groups is 1. The molecular formula is C16H18N2O. The Balaban J connectivity index is 2.00. The topological polar surface area (TPSA) is 44.1 Å². The molecule has 0 N–H and O–H groups in total. The Labute approximate surface area is 113 Å². The summed E-state index contributed by atoms with van der Waals surface area (Å²) in [5.41, 5.74) is 3.50. The van der Waals surface area contributed by atoms with Crippen LogP contribution in [0.15, 0.2) is 35.1 Å². The maximum Gasteiger partial charge on any atom is 0.178 e. The number of ketones is 1. The van der Waals surface area contributed by atoms with Gasteiger partial charge in [0.25, 0.3) is 0 Å². The number of fused-ring (bicyclic) bond motifs is 2. The van der Waals surface area contributed by atoms with Gasteiger partial charge in [-0.15, -0.1) is 0 Å². The van der Waals surface area contributed by atoms with E-state index in [9.17, 15) is 4.79 Å². The van der Waals surface area contributed by atoms with Crippen molar-refractivity contribution < 1.29 is 4.79 Å². The third-order valence-corrected chi connectivity index (χ3v) is 4.30. The van der Waals surface area contributed by atoms with E-state index in [-0.39, 0.29) is 11.8 Å². The number of carbonyl (C=O) groups excluding carboxylic acids is 1. The van der Waals surface area contributed by atoms with Crippen molar-refractivity contribution in [2.45, 2.75) is 38.6 Å². The molecule has 0 aromatic carbocycles. The van der Waals surface area contributed by atoms with E-state index in [1.807, 2.05) is 0 Å². The molecule has 3 aliphatic rings. The van der Waals surface area contributed by atoms with Crippen LogP contribution >= 0.6 is 0 Å². The van der Waals surface area contributed by atoms with Gasteiger partial charge in [0.1, 0.15) is 0 Å². The van der Waals surface area contributed by atoms with Crippen molar-refractivity contribution in [2.75, 3.05) is 6.54 Å². The molecule has 0 saturated carbocycles. The van der Waals surface area contributed by atoms with Crippen LogP contribution in [-0.2, 0) is 4.79 Å². The molecule has 19 heavy (non-hydrogen) atoms. The van der Waals surface area contributed by atoms with E-state index in [0.717, 1.165) is 18.5 Å². The van der Waals surface area contributed by atoms with Gasteiger partial charge in [0.05, 0.1) is 24.2 Å². The summed E-state index contributed by atoms with van der Waals surface area (Å²) in [7, 11) is 0. The third kappa shape index (κ3) is 1.92. The van der Waals surface area contributed by atoms with Crippen molar-refractivity contribution in [3.05, 3.63) is 35.1 Å². The van der Waals surface area contributed by atoms with Gasteiger partial charge in [0.15, 0.2) is 5.78 Å². The number of Topliss-reactive ketones (excluding diaryl/α,β-unsaturated/α-hetero) is 1. The maximum absolute atomic E-state index is 12.2. The Bertz CT molecular complexity index is 548. The summed E-state index contributed by atoms with van der Waals surface area (Å²) >= 11 is 0. The van der Waals surface area contributed by atoms with Crippen LogP contribution < -0.4 is 0 Å². The minimum absolute atomic E-state index is 0.254. The SMILES string of the molecule is CC1=C[C@@H]2C3=C(C(=O)CCC3)N(CCC#N)[C@@H]2C=C1. The summed E-state index contributed by atoms with van der Waals surface area (Å²) in [6.45, 7) is 2.77. The minimum Gasteiger partial charge on any atom is -0.360 e. The standard InChI is InChI=1S/C16H18N2O/c1-11-6-7-14-13(10-11)12-4-2-5-15(19)16(12)18(14)9-3-8-17/h6-7,10,13-14H,2-5,9H2,1H3/t13-,14-/m1/s1. The lowest BCUT2D eigenvalue weighted by Gasteiger charge is -2.30. The first kappa shape index (κ1) is 12.2. The fourth-order valence-electron chi connectivity index (χ4n) is 3.52. The van der Waals surface area contributed by atoms with Gasteiger partial charge in [0.2, 0.25) is 0 Å². The molecule has 3 heteroatoms. The summed E-state index contributed by atoms with van der Waals surface area (Å²) in [4.78, 5) is 14.4. The van der Waals surface area contributed by atoms with Crippen LogP contribution in [0.4, 0.5) is 0 Å². The van der Waals surface area contributed by atoms with Crippen LogP contribution in [-0.4, -0.2) is 23.3 Å². The average Bonchev–Trinajstić information content (AvgIpc) is 2.71. The third-order valence-electron chi connectivity index (χ3n) is 4.30. The quantitative estimate of drug-likeness (QED) is 0.761. The molecule has 98 valence electrons. The predicted molar refractivity (Wildman–Crippen MR) is 73.0 cm³/mol. The number of allylic oxidation sites excluding steroid dienone is 3. The smallest absolute Gasteiger partial charge is 0.178 e. The van der Waals surface area contributed by atoms with E-state index in [4.69, 9.17) is 5.26 Å². The first-order valence-electron chi connectivity index (χ1n) is 6.99. The highest BCUT2D eigenvalue weighted by Gasteiger charge is 2.42. The summed E-state index contributed by atoms with van der Waals surface area (Å²) in [5, 5.41) is 8.82. The Morgan fingerprint density at radius 3 is 3.11 bits per heavy atom. The van der Waals surface area contributed by atoms with E-state index >= 15 is 0 Å². The van der Waals surface area contributed by atoms with Gasteiger partial charge < -0.3 is 4.90 Å². The Morgan fingerprint density at radius 2 is 2.32 bits per heavy atom. The molecule has 0 aromatic heterocycles. The van der Waals surface area contributed by atoms with Crippen molar-refractivity contribution in [3.8, 4) is 6.07 Å². The highest BCUT2D eigenvalue weighted by molar-refractivity contribution is 5.97. The lowest BCUT2D eigenvalue weighted by molar-refractivity contribution is -0.117. The van der Waals surface area contributed by atoms with Gasteiger partial charge in [-0.25, -0.2) is 0 Å². The van der Waals surface area contributed by atoms with Gasteiger partial charge in [-0.3, -0.25) is 4.79 Å². The molecule has 2 aliphatic carbocycles. The van der Waals surface area contributed by atoms with Gasteiger partial charge in [-0.2, -0.15) is 5.26 Å². The van der Waals surface area contributed by atoms with Crippen LogP contribution in [0.1, 0.15) is 32.6 Å². The molecule has 2 atom stereocenters. The van der Waals surface area contributed by atoms with Crippen molar-refractivity contribution in [3.63, 3.8) is 0 Å². The van der Waals surface area contributed by atoms with Crippen LogP contribution in [0, 0.1) is 17.2 Å². The van der Waals surface area contributed by atoms with Crippen LogP contribution in [0.2, 0.25) is 0 Å². The second kappa shape index (κ2) is 4.70. The molecule has 0 aromatic rings. The van der Waals surface area contributed by atoms with Crippen molar-refractivity contribution in [1.82, 2.24) is 4.90 Å². The number of rotatable bonds is 2. The number of hydrogen-bond acceptors (Lipinski definition) is 3. The summed E-state index contributed by atoms with van der Waals surface area (Å²) in [6, 6.07) is 2.45. The zero-order chi connectivity index (χ0) is 13.4. The fraction of sp³-hybridized carbons (Fsp3) is 0.500. The minimum atomic E-state index is 0.254. The highest BCUT2D eigenvalue weighted by atomic mass is 16.1. The second-order valence-corrected chi connectivity index (χ2v) is 5.54. The van der Waals surface area contributed by atoms with Gasteiger partial charge in [-0.05, 0) is 25.3 Å². The Morgan fingerprint density at radius 1 is 1.47 bits per heavy atom. The lowest BCUT2D eigenvalue weighted by atomic mass is 9.83. The second-order valence-electron chi connectivity index (χ2n) is 5.54. The molecule has 0 spiro atoms. The fourth-order valence-corrected chi connectivity index (χ4v) is 3.52.